The highest BCUT2D eigenvalue weighted by atomic mass is 35.5. The predicted molar refractivity (Wildman–Crippen MR) is 66.9 cm³/mol. The second-order valence-corrected chi connectivity index (χ2v) is 6.52. The lowest BCUT2D eigenvalue weighted by Crippen LogP contribution is -2.60. The van der Waals surface area contributed by atoms with E-state index in [9.17, 15) is 0 Å². The van der Waals surface area contributed by atoms with E-state index >= 15 is 0 Å². The number of methoxy groups -OCH3 is 1. The Balaban J connectivity index is 1.84. The van der Waals surface area contributed by atoms with E-state index < -0.39 is 0 Å². The molecule has 1 saturated carbocycles. The van der Waals surface area contributed by atoms with Gasteiger partial charge in [-0.25, -0.2) is 4.98 Å². The molecule has 1 fully saturated rings. The van der Waals surface area contributed by atoms with E-state index in [1.807, 2.05) is 0 Å². The molecule has 0 saturated heterocycles. The maximum absolute atomic E-state index is 5.83. The second-order valence-electron chi connectivity index (χ2n) is 4.77. The summed E-state index contributed by atoms with van der Waals surface area (Å²) in [5.41, 5.74) is 0.204. The normalized spacial score (nSPS) is 27.8. The Kier molecular flexibility index (Phi) is 3.54. The first kappa shape index (κ1) is 12.3. The van der Waals surface area contributed by atoms with Crippen molar-refractivity contribution >= 4 is 22.9 Å². The summed E-state index contributed by atoms with van der Waals surface area (Å²) in [6, 6.07) is 0.500. The summed E-state index contributed by atoms with van der Waals surface area (Å²) in [5.74, 6) is 0. The molecule has 90 valence electrons. The summed E-state index contributed by atoms with van der Waals surface area (Å²) in [4.78, 5) is 4.23. The molecule has 1 aliphatic carbocycles. The Morgan fingerprint density at radius 2 is 2.44 bits per heavy atom. The van der Waals surface area contributed by atoms with E-state index in [2.05, 4.69) is 24.1 Å². The number of ether oxygens (including phenoxy) is 1. The number of nitrogens with one attached hydrogen (secondary N) is 1. The average Bonchev–Trinajstić information content (AvgIpc) is 2.63. The molecule has 1 aromatic rings. The van der Waals surface area contributed by atoms with Crippen LogP contribution in [0, 0.1) is 5.41 Å². The van der Waals surface area contributed by atoms with Gasteiger partial charge in [0.2, 0.25) is 0 Å². The molecular weight excluding hydrogens is 244 g/mol. The quantitative estimate of drug-likeness (QED) is 0.904. The van der Waals surface area contributed by atoms with Crippen molar-refractivity contribution in [3.63, 3.8) is 0 Å². The monoisotopic (exact) mass is 260 g/mol. The van der Waals surface area contributed by atoms with Crippen LogP contribution in [0.1, 0.15) is 25.3 Å². The van der Waals surface area contributed by atoms with Crippen LogP contribution in [0.4, 0.5) is 0 Å². The van der Waals surface area contributed by atoms with Crippen LogP contribution in [0.15, 0.2) is 6.20 Å². The average molecular weight is 261 g/mol. The first-order chi connectivity index (χ1) is 7.54. The van der Waals surface area contributed by atoms with Crippen LogP contribution >= 0.6 is 22.9 Å². The molecule has 0 bridgehead atoms. The molecule has 16 heavy (non-hydrogen) atoms. The minimum atomic E-state index is 0.204. The van der Waals surface area contributed by atoms with Gasteiger partial charge in [0.25, 0.3) is 0 Å². The van der Waals surface area contributed by atoms with Crippen molar-refractivity contribution in [3.05, 3.63) is 15.5 Å². The summed E-state index contributed by atoms with van der Waals surface area (Å²) in [6.45, 7) is 5.26. The molecule has 0 radical (unpaired) electrons. The van der Waals surface area contributed by atoms with Gasteiger partial charge in [-0.05, 0) is 6.42 Å². The third-order valence-electron chi connectivity index (χ3n) is 3.49. The maximum atomic E-state index is 5.83. The Hall–Kier alpha value is -0.160. The van der Waals surface area contributed by atoms with Gasteiger partial charge in [0.1, 0.15) is 9.34 Å². The van der Waals surface area contributed by atoms with E-state index in [0.717, 1.165) is 22.3 Å². The lowest BCUT2D eigenvalue weighted by Gasteiger charge is -2.51. The Labute approximate surface area is 105 Å². The molecule has 0 aromatic carbocycles. The molecule has 2 rings (SSSR count). The van der Waals surface area contributed by atoms with Crippen molar-refractivity contribution in [2.45, 2.75) is 39.0 Å². The number of hydrogen-bond donors (Lipinski definition) is 1. The highest BCUT2D eigenvalue weighted by Crippen LogP contribution is 2.42. The van der Waals surface area contributed by atoms with Crippen LogP contribution in [0.3, 0.4) is 0 Å². The first-order valence-electron chi connectivity index (χ1n) is 5.40. The van der Waals surface area contributed by atoms with Crippen molar-refractivity contribution in [3.8, 4) is 0 Å². The lowest BCUT2D eigenvalue weighted by atomic mass is 9.64. The zero-order valence-electron chi connectivity index (χ0n) is 9.79. The van der Waals surface area contributed by atoms with E-state index in [0.29, 0.717) is 12.1 Å². The minimum absolute atomic E-state index is 0.204. The number of thiazole rings is 1. The van der Waals surface area contributed by atoms with Crippen molar-refractivity contribution in [1.29, 1.82) is 0 Å². The fraction of sp³-hybridized carbons (Fsp3) is 0.727. The van der Waals surface area contributed by atoms with Gasteiger partial charge in [-0.1, -0.05) is 25.4 Å². The van der Waals surface area contributed by atoms with Crippen molar-refractivity contribution < 1.29 is 4.74 Å². The SMILES string of the molecule is COC1CC(NCc2ncc(Cl)s2)C1(C)C. The summed E-state index contributed by atoms with van der Waals surface area (Å²) in [6.07, 6.45) is 3.14. The third kappa shape index (κ3) is 2.25. The van der Waals surface area contributed by atoms with E-state index in [1.165, 1.54) is 11.3 Å². The standard InChI is InChI=1S/C11H17ClN2OS/c1-11(2)7(4-8(11)15-3)13-6-10-14-5-9(12)16-10/h5,7-8,13H,4,6H2,1-3H3. The molecule has 0 aliphatic heterocycles. The molecule has 5 heteroatoms. The van der Waals surface area contributed by atoms with Gasteiger partial charge >= 0.3 is 0 Å². The van der Waals surface area contributed by atoms with Crippen LogP contribution < -0.4 is 5.32 Å². The Morgan fingerprint density at radius 1 is 1.69 bits per heavy atom. The highest BCUT2D eigenvalue weighted by molar-refractivity contribution is 7.15. The zero-order chi connectivity index (χ0) is 11.8. The molecule has 0 spiro atoms. The molecule has 2 atom stereocenters. The predicted octanol–water partition coefficient (Wildman–Crippen LogP) is 2.70. The topological polar surface area (TPSA) is 34.1 Å². The number of halogens is 1. The molecular formula is C11H17ClN2OS. The van der Waals surface area contributed by atoms with Gasteiger partial charge in [0.05, 0.1) is 12.3 Å². The Morgan fingerprint density at radius 3 is 2.94 bits per heavy atom. The molecule has 1 heterocycles. The van der Waals surface area contributed by atoms with Gasteiger partial charge in [0.15, 0.2) is 0 Å². The molecule has 3 nitrogen and oxygen atoms in total. The summed E-state index contributed by atoms with van der Waals surface area (Å²) in [5, 5.41) is 4.56. The van der Waals surface area contributed by atoms with Gasteiger partial charge < -0.3 is 10.1 Å². The highest BCUT2D eigenvalue weighted by Gasteiger charge is 2.48. The van der Waals surface area contributed by atoms with E-state index in [4.69, 9.17) is 16.3 Å². The molecule has 1 N–H and O–H groups in total. The zero-order valence-corrected chi connectivity index (χ0v) is 11.4. The summed E-state index contributed by atoms with van der Waals surface area (Å²) in [7, 11) is 1.78. The van der Waals surface area contributed by atoms with Gasteiger partial charge in [-0.3, -0.25) is 0 Å². The number of aromatic nitrogens is 1. The minimum Gasteiger partial charge on any atom is -0.381 e. The van der Waals surface area contributed by atoms with Crippen molar-refractivity contribution in [1.82, 2.24) is 10.3 Å². The van der Waals surface area contributed by atoms with E-state index in [-0.39, 0.29) is 5.41 Å². The van der Waals surface area contributed by atoms with Gasteiger partial charge in [-0.15, -0.1) is 11.3 Å². The third-order valence-corrected chi connectivity index (χ3v) is 4.60. The number of hydrogen-bond acceptors (Lipinski definition) is 4. The van der Waals surface area contributed by atoms with Crippen molar-refractivity contribution in [2.75, 3.05) is 7.11 Å². The lowest BCUT2D eigenvalue weighted by molar-refractivity contribution is -0.0979. The van der Waals surface area contributed by atoms with Crippen LogP contribution in [0.5, 0.6) is 0 Å². The Bertz CT molecular complexity index is 367. The van der Waals surface area contributed by atoms with Crippen LogP contribution in [-0.2, 0) is 11.3 Å². The number of rotatable bonds is 4. The molecule has 1 aromatic heterocycles. The van der Waals surface area contributed by atoms with E-state index in [1.54, 1.807) is 13.3 Å². The van der Waals surface area contributed by atoms with Gasteiger partial charge in [0, 0.05) is 25.1 Å². The second kappa shape index (κ2) is 4.61. The molecule has 1 aliphatic rings. The fourth-order valence-electron chi connectivity index (χ4n) is 2.21. The molecule has 2 unspecified atom stereocenters. The van der Waals surface area contributed by atoms with Crippen LogP contribution in [0.2, 0.25) is 4.34 Å². The summed E-state index contributed by atoms with van der Waals surface area (Å²) < 4.78 is 6.16. The number of nitrogens with zero attached hydrogens (tertiary/aromatic N) is 1. The van der Waals surface area contributed by atoms with Gasteiger partial charge in [-0.2, -0.15) is 0 Å². The maximum Gasteiger partial charge on any atom is 0.113 e. The fourth-order valence-corrected chi connectivity index (χ4v) is 3.12. The summed E-state index contributed by atoms with van der Waals surface area (Å²) >= 11 is 7.37. The largest absolute Gasteiger partial charge is 0.381 e. The van der Waals surface area contributed by atoms with Crippen LogP contribution in [0.25, 0.3) is 0 Å². The first-order valence-corrected chi connectivity index (χ1v) is 6.60. The molecule has 0 amide bonds. The van der Waals surface area contributed by atoms with Crippen LogP contribution in [-0.4, -0.2) is 24.2 Å². The smallest absolute Gasteiger partial charge is 0.113 e. The van der Waals surface area contributed by atoms with Crippen molar-refractivity contribution in [2.24, 2.45) is 5.41 Å².